The third kappa shape index (κ3) is 1.97. The summed E-state index contributed by atoms with van der Waals surface area (Å²) in [5.41, 5.74) is -1.19. The fourth-order valence-electron chi connectivity index (χ4n) is 1.66. The lowest BCUT2D eigenvalue weighted by molar-refractivity contribution is -0.137. The van der Waals surface area contributed by atoms with Gasteiger partial charge in [0.2, 0.25) is 0 Å². The molecule has 0 spiro atoms. The van der Waals surface area contributed by atoms with Crippen molar-refractivity contribution in [3.63, 3.8) is 0 Å². The highest BCUT2D eigenvalue weighted by atomic mass is 19.4. The molecule has 0 heterocycles. The minimum Gasteiger partial charge on any atom is -0.506 e. The van der Waals surface area contributed by atoms with Gasteiger partial charge in [0.05, 0.1) is 5.56 Å². The molecular weight excluding hydrogens is 249 g/mol. The standard InChI is InChI=1S/C12H7F3O3/c13-12(14,15)7-2-4-8-6(5-7)1-3-9(10(8)16)11(17)18/h1-5,16H,(H,17,18). The van der Waals surface area contributed by atoms with E-state index in [-0.39, 0.29) is 16.3 Å². The van der Waals surface area contributed by atoms with Gasteiger partial charge < -0.3 is 10.2 Å². The Hall–Kier alpha value is -2.24. The van der Waals surface area contributed by atoms with Gasteiger partial charge in [-0.1, -0.05) is 12.1 Å². The molecule has 6 heteroatoms. The molecule has 18 heavy (non-hydrogen) atoms. The summed E-state index contributed by atoms with van der Waals surface area (Å²) in [7, 11) is 0. The molecule has 0 aliphatic heterocycles. The van der Waals surface area contributed by atoms with Crippen LogP contribution in [0.2, 0.25) is 0 Å². The van der Waals surface area contributed by atoms with E-state index < -0.39 is 23.5 Å². The van der Waals surface area contributed by atoms with Crippen LogP contribution in [0.25, 0.3) is 10.8 Å². The molecule has 2 N–H and O–H groups in total. The summed E-state index contributed by atoms with van der Waals surface area (Å²) in [4.78, 5) is 10.8. The first kappa shape index (κ1) is 12.2. The van der Waals surface area contributed by atoms with Crippen molar-refractivity contribution in [2.24, 2.45) is 0 Å². The summed E-state index contributed by atoms with van der Waals surface area (Å²) < 4.78 is 37.4. The number of halogens is 3. The Bertz CT molecular complexity index is 632. The third-order valence-electron chi connectivity index (χ3n) is 2.55. The fraction of sp³-hybridized carbons (Fsp3) is 0.0833. The molecule has 0 saturated carbocycles. The summed E-state index contributed by atoms with van der Waals surface area (Å²) >= 11 is 0. The molecule has 94 valence electrons. The van der Waals surface area contributed by atoms with Gasteiger partial charge in [0.25, 0.3) is 0 Å². The second-order valence-corrected chi connectivity index (χ2v) is 3.70. The first-order valence-electron chi connectivity index (χ1n) is 4.87. The summed E-state index contributed by atoms with van der Waals surface area (Å²) in [6.45, 7) is 0. The van der Waals surface area contributed by atoms with Crippen molar-refractivity contribution < 1.29 is 28.2 Å². The van der Waals surface area contributed by atoms with Crippen molar-refractivity contribution in [3.05, 3.63) is 41.5 Å². The van der Waals surface area contributed by atoms with E-state index in [9.17, 15) is 23.1 Å². The van der Waals surface area contributed by atoms with Crippen LogP contribution in [0.4, 0.5) is 13.2 Å². The first-order chi connectivity index (χ1) is 8.30. The van der Waals surface area contributed by atoms with Gasteiger partial charge in [-0.25, -0.2) is 4.79 Å². The Kier molecular flexibility index (Phi) is 2.65. The Morgan fingerprint density at radius 2 is 1.78 bits per heavy atom. The van der Waals surface area contributed by atoms with Crippen molar-refractivity contribution in [2.75, 3.05) is 0 Å². The zero-order chi connectivity index (χ0) is 13.5. The van der Waals surface area contributed by atoms with E-state index in [1.165, 1.54) is 6.07 Å². The van der Waals surface area contributed by atoms with E-state index in [1.54, 1.807) is 0 Å². The monoisotopic (exact) mass is 256 g/mol. The Labute approximate surface area is 99.1 Å². The third-order valence-corrected chi connectivity index (χ3v) is 2.55. The Morgan fingerprint density at radius 1 is 1.11 bits per heavy atom. The zero-order valence-corrected chi connectivity index (χ0v) is 8.82. The lowest BCUT2D eigenvalue weighted by Crippen LogP contribution is -2.04. The van der Waals surface area contributed by atoms with Crippen LogP contribution < -0.4 is 0 Å². The lowest BCUT2D eigenvalue weighted by atomic mass is 10.0. The van der Waals surface area contributed by atoms with Crippen LogP contribution in [0.3, 0.4) is 0 Å². The Balaban J connectivity index is 2.69. The normalized spacial score (nSPS) is 11.7. The molecule has 2 aromatic carbocycles. The van der Waals surface area contributed by atoms with E-state index in [1.807, 2.05) is 0 Å². The molecule has 0 unspecified atom stereocenters. The van der Waals surface area contributed by atoms with Gasteiger partial charge in [0, 0.05) is 5.39 Å². The fourth-order valence-corrected chi connectivity index (χ4v) is 1.66. The van der Waals surface area contributed by atoms with Gasteiger partial charge >= 0.3 is 12.1 Å². The van der Waals surface area contributed by atoms with Gasteiger partial charge in [-0.15, -0.1) is 0 Å². The van der Waals surface area contributed by atoms with Crippen LogP contribution in [0.5, 0.6) is 5.75 Å². The summed E-state index contributed by atoms with van der Waals surface area (Å²) in [6.07, 6.45) is -4.48. The quantitative estimate of drug-likeness (QED) is 0.823. The van der Waals surface area contributed by atoms with Crippen LogP contribution in [-0.4, -0.2) is 16.2 Å². The number of fused-ring (bicyclic) bond motifs is 1. The highest BCUT2D eigenvalue weighted by Crippen LogP contribution is 2.35. The number of rotatable bonds is 1. The average Bonchev–Trinajstić information content (AvgIpc) is 2.27. The maximum absolute atomic E-state index is 12.5. The highest BCUT2D eigenvalue weighted by Gasteiger charge is 2.30. The van der Waals surface area contributed by atoms with Crippen molar-refractivity contribution in [1.82, 2.24) is 0 Å². The van der Waals surface area contributed by atoms with Crippen molar-refractivity contribution >= 4 is 16.7 Å². The van der Waals surface area contributed by atoms with Gasteiger partial charge in [0.15, 0.2) is 0 Å². The number of phenols is 1. The Morgan fingerprint density at radius 3 is 2.33 bits per heavy atom. The second kappa shape index (κ2) is 3.90. The molecule has 2 aromatic rings. The summed E-state index contributed by atoms with van der Waals surface area (Å²) in [5.74, 6) is -1.87. The molecule has 0 aliphatic carbocycles. The molecule has 0 bridgehead atoms. The number of hydrogen-bond acceptors (Lipinski definition) is 2. The van der Waals surface area contributed by atoms with E-state index in [0.717, 1.165) is 24.3 Å². The molecule has 0 saturated heterocycles. The lowest BCUT2D eigenvalue weighted by Gasteiger charge is -2.09. The van der Waals surface area contributed by atoms with Gasteiger partial charge in [0.1, 0.15) is 11.3 Å². The second-order valence-electron chi connectivity index (χ2n) is 3.70. The summed E-state index contributed by atoms with van der Waals surface area (Å²) in [5, 5.41) is 18.6. The number of aromatic hydroxyl groups is 1. The predicted octanol–water partition coefficient (Wildman–Crippen LogP) is 3.26. The van der Waals surface area contributed by atoms with Crippen LogP contribution >= 0.6 is 0 Å². The molecule has 0 radical (unpaired) electrons. The number of alkyl halides is 3. The maximum Gasteiger partial charge on any atom is 0.416 e. The molecule has 0 atom stereocenters. The van der Waals surface area contributed by atoms with E-state index in [2.05, 4.69) is 0 Å². The first-order valence-corrected chi connectivity index (χ1v) is 4.87. The van der Waals surface area contributed by atoms with Crippen molar-refractivity contribution in [2.45, 2.75) is 6.18 Å². The zero-order valence-electron chi connectivity index (χ0n) is 8.82. The molecule has 0 aromatic heterocycles. The number of carboxylic acids is 1. The topological polar surface area (TPSA) is 57.5 Å². The SMILES string of the molecule is O=C(O)c1ccc2cc(C(F)(F)F)ccc2c1O. The molecule has 3 nitrogen and oxygen atoms in total. The largest absolute Gasteiger partial charge is 0.506 e. The molecule has 2 rings (SSSR count). The minimum atomic E-state index is -4.48. The van der Waals surface area contributed by atoms with Crippen molar-refractivity contribution in [1.29, 1.82) is 0 Å². The number of benzene rings is 2. The molecule has 0 amide bonds. The van der Waals surface area contributed by atoms with E-state index >= 15 is 0 Å². The molecule has 0 fully saturated rings. The minimum absolute atomic E-state index is 0.0721. The van der Waals surface area contributed by atoms with E-state index in [4.69, 9.17) is 5.11 Å². The maximum atomic E-state index is 12.5. The highest BCUT2D eigenvalue weighted by molar-refractivity contribution is 6.00. The number of carboxylic acid groups (broad SMARTS) is 1. The van der Waals surface area contributed by atoms with Crippen LogP contribution in [-0.2, 0) is 6.18 Å². The van der Waals surface area contributed by atoms with Gasteiger partial charge in [-0.05, 0) is 23.6 Å². The van der Waals surface area contributed by atoms with Crippen molar-refractivity contribution in [3.8, 4) is 5.75 Å². The number of carbonyl (C=O) groups is 1. The van der Waals surface area contributed by atoms with Crippen LogP contribution in [0.1, 0.15) is 15.9 Å². The smallest absolute Gasteiger partial charge is 0.416 e. The predicted molar refractivity (Wildman–Crippen MR) is 57.6 cm³/mol. The summed E-state index contributed by atoms with van der Waals surface area (Å²) in [6, 6.07) is 5.02. The van der Waals surface area contributed by atoms with Gasteiger partial charge in [-0.2, -0.15) is 13.2 Å². The van der Waals surface area contributed by atoms with Crippen LogP contribution in [0.15, 0.2) is 30.3 Å². The molecular formula is C12H7F3O3. The van der Waals surface area contributed by atoms with E-state index in [0.29, 0.717) is 0 Å². The van der Waals surface area contributed by atoms with Crippen LogP contribution in [0, 0.1) is 0 Å². The van der Waals surface area contributed by atoms with Gasteiger partial charge in [-0.3, -0.25) is 0 Å². The number of hydrogen-bond donors (Lipinski definition) is 2. The number of aromatic carboxylic acids is 1. The molecule has 0 aliphatic rings. The average molecular weight is 256 g/mol.